The van der Waals surface area contributed by atoms with Gasteiger partial charge in [-0.15, -0.1) is 0 Å². The van der Waals surface area contributed by atoms with Gasteiger partial charge in [0.15, 0.2) is 0 Å². The van der Waals surface area contributed by atoms with E-state index in [9.17, 15) is 5.11 Å². The van der Waals surface area contributed by atoms with Crippen LogP contribution in [0.5, 0.6) is 0 Å². The van der Waals surface area contributed by atoms with E-state index in [1.807, 2.05) is 0 Å². The topological polar surface area (TPSA) is 81.2 Å². The van der Waals surface area contributed by atoms with Crippen LogP contribution in [0.4, 0.5) is 0 Å². The van der Waals surface area contributed by atoms with Crippen LogP contribution in [-0.2, 0) is 0 Å². The van der Waals surface area contributed by atoms with E-state index >= 15 is 0 Å². The van der Waals surface area contributed by atoms with Gasteiger partial charge in [-0.3, -0.25) is 0 Å². The highest BCUT2D eigenvalue weighted by molar-refractivity contribution is 4.79. The van der Waals surface area contributed by atoms with E-state index in [-0.39, 0.29) is 12.2 Å². The molecule has 0 aliphatic rings. The summed E-state index contributed by atoms with van der Waals surface area (Å²) in [4.78, 5) is 0. The van der Waals surface area contributed by atoms with Gasteiger partial charge in [-0.25, -0.2) is 0 Å². The lowest BCUT2D eigenvalue weighted by Crippen LogP contribution is -2.42. The Labute approximate surface area is 63.2 Å². The maximum absolute atomic E-state index is 9.29. The lowest BCUT2D eigenvalue weighted by Gasteiger charge is -2.24. The van der Waals surface area contributed by atoms with Crippen molar-refractivity contribution in [1.29, 1.82) is 0 Å². The van der Waals surface area contributed by atoms with Crippen LogP contribution < -0.4 is 11.9 Å². The fraction of sp³-hybridized carbons (Fsp3) is 1.00. The Bertz CT molecular complexity index is 78.2. The molecule has 0 radical (unpaired) electrons. The van der Waals surface area contributed by atoms with E-state index in [1.165, 1.54) is 0 Å². The van der Waals surface area contributed by atoms with Gasteiger partial charge in [-0.2, -0.15) is 0 Å². The molecule has 0 saturated carbocycles. The highest BCUT2D eigenvalue weighted by atomic mass is 16.3. The van der Waals surface area contributed by atoms with E-state index in [0.717, 1.165) is 12.8 Å². The summed E-state index contributed by atoms with van der Waals surface area (Å²) in [5.74, 6) is 0. The third kappa shape index (κ3) is 4.73. The van der Waals surface area contributed by atoms with E-state index in [1.54, 1.807) is 13.8 Å². The SMILES string of the molecule is CCCC(N)C(C)(C)O.N. The fourth-order valence-corrected chi connectivity index (χ4v) is 0.664. The minimum atomic E-state index is -0.712. The normalized spacial score (nSPS) is 14.1. The van der Waals surface area contributed by atoms with Crippen molar-refractivity contribution < 1.29 is 5.11 Å². The molecule has 0 aromatic rings. The summed E-state index contributed by atoms with van der Waals surface area (Å²) in [6.45, 7) is 5.55. The van der Waals surface area contributed by atoms with E-state index in [4.69, 9.17) is 5.73 Å². The van der Waals surface area contributed by atoms with Gasteiger partial charge < -0.3 is 17.0 Å². The Balaban J connectivity index is 0. The van der Waals surface area contributed by atoms with Gasteiger partial charge in [0.05, 0.1) is 5.60 Å². The highest BCUT2D eigenvalue weighted by Crippen LogP contribution is 2.10. The standard InChI is InChI=1S/C7H17NO.H3N/c1-4-5-6(8)7(2,3)9;/h6,9H,4-5,8H2,1-3H3;1H3. The quantitative estimate of drug-likeness (QED) is 0.559. The van der Waals surface area contributed by atoms with E-state index < -0.39 is 5.60 Å². The predicted octanol–water partition coefficient (Wildman–Crippen LogP) is 1.05. The van der Waals surface area contributed by atoms with Gasteiger partial charge in [0.1, 0.15) is 0 Å². The summed E-state index contributed by atoms with van der Waals surface area (Å²) in [6.07, 6.45) is 1.93. The number of aliphatic hydroxyl groups is 1. The number of nitrogens with two attached hydrogens (primary N) is 1. The summed E-state index contributed by atoms with van der Waals surface area (Å²) in [7, 11) is 0. The van der Waals surface area contributed by atoms with Crippen LogP contribution >= 0.6 is 0 Å². The minimum Gasteiger partial charge on any atom is -0.389 e. The van der Waals surface area contributed by atoms with Crippen molar-refractivity contribution in [3.8, 4) is 0 Å². The molecule has 10 heavy (non-hydrogen) atoms. The van der Waals surface area contributed by atoms with Crippen LogP contribution in [0.1, 0.15) is 33.6 Å². The van der Waals surface area contributed by atoms with Gasteiger partial charge in [-0.1, -0.05) is 13.3 Å². The largest absolute Gasteiger partial charge is 0.389 e. The lowest BCUT2D eigenvalue weighted by molar-refractivity contribution is 0.0488. The molecule has 0 bridgehead atoms. The second-order valence-electron chi connectivity index (χ2n) is 3.05. The maximum atomic E-state index is 9.29. The molecular formula is C7H20N2O. The number of hydrogen-bond donors (Lipinski definition) is 3. The molecule has 3 heteroatoms. The van der Waals surface area contributed by atoms with Crippen molar-refractivity contribution in [2.75, 3.05) is 0 Å². The summed E-state index contributed by atoms with van der Waals surface area (Å²) in [6, 6.07) is -0.0810. The average Bonchev–Trinajstić information content (AvgIpc) is 1.64. The minimum absolute atomic E-state index is 0. The van der Waals surface area contributed by atoms with E-state index in [0.29, 0.717) is 0 Å². The Morgan fingerprint density at radius 3 is 2.00 bits per heavy atom. The Hall–Kier alpha value is -0.120. The molecule has 0 heterocycles. The van der Waals surface area contributed by atoms with Crippen molar-refractivity contribution in [3.05, 3.63) is 0 Å². The molecule has 3 nitrogen and oxygen atoms in total. The monoisotopic (exact) mass is 148 g/mol. The molecule has 1 unspecified atom stereocenters. The Morgan fingerprint density at radius 1 is 1.50 bits per heavy atom. The summed E-state index contributed by atoms with van der Waals surface area (Å²) in [5, 5.41) is 9.29. The zero-order valence-electron chi connectivity index (χ0n) is 7.22. The van der Waals surface area contributed by atoms with Crippen molar-refractivity contribution in [3.63, 3.8) is 0 Å². The first kappa shape index (κ1) is 12.5. The van der Waals surface area contributed by atoms with Gasteiger partial charge in [-0.05, 0) is 20.3 Å². The summed E-state index contributed by atoms with van der Waals surface area (Å²) in [5.41, 5.74) is 4.90. The smallest absolute Gasteiger partial charge is 0.0741 e. The first-order valence-electron chi connectivity index (χ1n) is 3.46. The van der Waals surface area contributed by atoms with Crippen LogP contribution in [0.3, 0.4) is 0 Å². The molecule has 0 fully saturated rings. The van der Waals surface area contributed by atoms with Gasteiger partial charge in [0.25, 0.3) is 0 Å². The van der Waals surface area contributed by atoms with E-state index in [2.05, 4.69) is 6.92 Å². The fourth-order valence-electron chi connectivity index (χ4n) is 0.664. The molecule has 0 aromatic heterocycles. The molecule has 0 rings (SSSR count). The van der Waals surface area contributed by atoms with Crippen LogP contribution in [0, 0.1) is 0 Å². The first-order valence-corrected chi connectivity index (χ1v) is 3.46. The molecule has 0 aliphatic carbocycles. The molecule has 0 spiro atoms. The molecule has 1 atom stereocenters. The molecule has 64 valence electrons. The third-order valence-corrected chi connectivity index (χ3v) is 1.51. The second-order valence-corrected chi connectivity index (χ2v) is 3.05. The molecule has 0 amide bonds. The van der Waals surface area contributed by atoms with Gasteiger partial charge in [0, 0.05) is 6.04 Å². The van der Waals surface area contributed by atoms with Crippen LogP contribution in [-0.4, -0.2) is 16.7 Å². The van der Waals surface area contributed by atoms with Crippen LogP contribution in [0.15, 0.2) is 0 Å². The van der Waals surface area contributed by atoms with Gasteiger partial charge in [0.2, 0.25) is 0 Å². The Kier molecular flexibility index (Phi) is 5.84. The van der Waals surface area contributed by atoms with Crippen molar-refractivity contribution in [2.24, 2.45) is 5.73 Å². The van der Waals surface area contributed by atoms with Crippen molar-refractivity contribution in [2.45, 2.75) is 45.3 Å². The zero-order valence-corrected chi connectivity index (χ0v) is 7.22. The van der Waals surface area contributed by atoms with Gasteiger partial charge >= 0.3 is 0 Å². The predicted molar refractivity (Wildman–Crippen MR) is 44.2 cm³/mol. The number of rotatable bonds is 3. The first-order chi connectivity index (χ1) is 3.98. The Morgan fingerprint density at radius 2 is 1.90 bits per heavy atom. The van der Waals surface area contributed by atoms with Crippen molar-refractivity contribution >= 4 is 0 Å². The molecular weight excluding hydrogens is 128 g/mol. The summed E-state index contributed by atoms with van der Waals surface area (Å²) >= 11 is 0. The summed E-state index contributed by atoms with van der Waals surface area (Å²) < 4.78 is 0. The highest BCUT2D eigenvalue weighted by Gasteiger charge is 2.21. The van der Waals surface area contributed by atoms with Crippen LogP contribution in [0.2, 0.25) is 0 Å². The maximum Gasteiger partial charge on any atom is 0.0741 e. The van der Waals surface area contributed by atoms with Crippen molar-refractivity contribution in [1.82, 2.24) is 6.15 Å². The zero-order chi connectivity index (χ0) is 7.49. The molecule has 0 aliphatic heterocycles. The molecule has 0 aromatic carbocycles. The molecule has 6 N–H and O–H groups in total. The average molecular weight is 148 g/mol. The number of hydrogen-bond acceptors (Lipinski definition) is 3. The second kappa shape index (κ2) is 4.66. The molecule has 0 saturated heterocycles. The third-order valence-electron chi connectivity index (χ3n) is 1.51. The van der Waals surface area contributed by atoms with Crippen LogP contribution in [0.25, 0.3) is 0 Å². The lowest BCUT2D eigenvalue weighted by atomic mass is 9.96.